The fraction of sp³-hybridized carbons (Fsp3) is 0.333. The minimum absolute atomic E-state index is 0.0669. The molecule has 0 radical (unpaired) electrons. The molecular formula is C12H18B2N2O. The number of rotatable bonds is 3. The Kier molecular flexibility index (Phi) is 2.96. The maximum atomic E-state index is 9.94. The van der Waals surface area contributed by atoms with Crippen molar-refractivity contribution in [2.45, 2.75) is 11.8 Å². The monoisotopic (exact) mass is 228 g/mol. The molecule has 0 aliphatic heterocycles. The third kappa shape index (κ3) is 2.20. The van der Waals surface area contributed by atoms with Crippen molar-refractivity contribution >= 4 is 26.6 Å². The van der Waals surface area contributed by atoms with Crippen molar-refractivity contribution < 1.29 is 5.11 Å². The minimum atomic E-state index is 0.0669. The van der Waals surface area contributed by atoms with Crippen LogP contribution in [-0.4, -0.2) is 50.1 Å². The molecule has 2 rings (SSSR count). The molecule has 5 heteroatoms. The van der Waals surface area contributed by atoms with E-state index in [1.165, 1.54) is 0 Å². The summed E-state index contributed by atoms with van der Waals surface area (Å²) in [5.74, 6) is 0.355. The van der Waals surface area contributed by atoms with Gasteiger partial charge in [0.15, 0.2) is 0 Å². The average Bonchev–Trinajstić information content (AvgIpc) is 2.62. The first-order valence-corrected chi connectivity index (χ1v) is 5.87. The van der Waals surface area contributed by atoms with Crippen molar-refractivity contribution in [1.29, 1.82) is 0 Å². The van der Waals surface area contributed by atoms with Gasteiger partial charge < -0.3 is 15.0 Å². The standard InChI is InChI=1S/C12H18B2N2O/c1-16(2)12(13,14)6-8-7-15-9-4-3-5-10(17)11(8)9/h3-5,7,15,17H,6,13-14H2,1-2H3. The second-order valence-electron chi connectivity index (χ2n) is 5.40. The summed E-state index contributed by atoms with van der Waals surface area (Å²) in [6.07, 6.45) is 2.90. The number of fused-ring (bicyclic) bond motifs is 1. The molecule has 17 heavy (non-hydrogen) atoms. The Labute approximate surface area is 104 Å². The van der Waals surface area contributed by atoms with Gasteiger partial charge in [-0.05, 0) is 43.5 Å². The molecule has 0 spiro atoms. The summed E-state index contributed by atoms with van der Waals surface area (Å²) in [6, 6.07) is 5.58. The number of aromatic nitrogens is 1. The number of likely N-dealkylation sites (N-methyl/N-ethyl adjacent to an activating group) is 1. The molecule has 1 aromatic heterocycles. The Morgan fingerprint density at radius 1 is 1.35 bits per heavy atom. The molecule has 0 atom stereocenters. The lowest BCUT2D eigenvalue weighted by Gasteiger charge is -2.32. The largest absolute Gasteiger partial charge is 0.507 e. The summed E-state index contributed by atoms with van der Waals surface area (Å²) in [4.78, 5) is 5.41. The zero-order chi connectivity index (χ0) is 12.6. The Balaban J connectivity index is 2.44. The highest BCUT2D eigenvalue weighted by Gasteiger charge is 2.23. The highest BCUT2D eigenvalue weighted by atomic mass is 16.3. The van der Waals surface area contributed by atoms with Crippen molar-refractivity contribution in [2.75, 3.05) is 14.1 Å². The fourth-order valence-electron chi connectivity index (χ4n) is 2.00. The summed E-state index contributed by atoms with van der Waals surface area (Å²) in [7, 11) is 8.56. The van der Waals surface area contributed by atoms with Crippen molar-refractivity contribution in [3.63, 3.8) is 0 Å². The smallest absolute Gasteiger partial charge is 0.125 e. The lowest BCUT2D eigenvalue weighted by atomic mass is 9.58. The van der Waals surface area contributed by atoms with Crippen LogP contribution in [0.2, 0.25) is 0 Å². The van der Waals surface area contributed by atoms with E-state index >= 15 is 0 Å². The lowest BCUT2D eigenvalue weighted by Crippen LogP contribution is -2.47. The van der Waals surface area contributed by atoms with Gasteiger partial charge in [0, 0.05) is 17.1 Å². The molecule has 0 amide bonds. The average molecular weight is 228 g/mol. The Bertz CT molecular complexity index is 534. The molecule has 0 bridgehead atoms. The lowest BCUT2D eigenvalue weighted by molar-refractivity contribution is 0.334. The van der Waals surface area contributed by atoms with E-state index < -0.39 is 0 Å². The predicted octanol–water partition coefficient (Wildman–Crippen LogP) is -0.102. The van der Waals surface area contributed by atoms with Gasteiger partial charge in [-0.15, -0.1) is 0 Å². The Morgan fingerprint density at radius 3 is 2.71 bits per heavy atom. The zero-order valence-electron chi connectivity index (χ0n) is 10.9. The van der Waals surface area contributed by atoms with Crippen molar-refractivity contribution in [3.05, 3.63) is 30.0 Å². The molecule has 2 aromatic rings. The zero-order valence-corrected chi connectivity index (χ0v) is 10.9. The molecule has 2 N–H and O–H groups in total. The molecule has 0 aliphatic carbocycles. The first kappa shape index (κ1) is 12.1. The van der Waals surface area contributed by atoms with Crippen LogP contribution in [0, 0.1) is 0 Å². The highest BCUT2D eigenvalue weighted by Crippen LogP contribution is 2.29. The van der Waals surface area contributed by atoms with Crippen LogP contribution in [0.25, 0.3) is 10.9 Å². The predicted molar refractivity (Wildman–Crippen MR) is 77.2 cm³/mol. The normalized spacial score (nSPS) is 12.4. The maximum absolute atomic E-state index is 9.94. The summed E-state index contributed by atoms with van der Waals surface area (Å²) >= 11 is 0. The van der Waals surface area contributed by atoms with E-state index in [1.54, 1.807) is 6.07 Å². The topological polar surface area (TPSA) is 39.3 Å². The number of phenols is 1. The summed E-state index contributed by atoms with van der Waals surface area (Å²) in [5, 5.41) is 11.0. The summed E-state index contributed by atoms with van der Waals surface area (Å²) in [6.45, 7) is 0. The van der Waals surface area contributed by atoms with Crippen molar-refractivity contribution in [2.24, 2.45) is 0 Å². The number of nitrogens with zero attached hydrogens (tertiary/aromatic N) is 1. The van der Waals surface area contributed by atoms with E-state index in [9.17, 15) is 5.11 Å². The van der Waals surface area contributed by atoms with Crippen LogP contribution in [0.15, 0.2) is 24.4 Å². The van der Waals surface area contributed by atoms with Crippen LogP contribution in [0.3, 0.4) is 0 Å². The van der Waals surface area contributed by atoms with Crippen LogP contribution in [0.1, 0.15) is 5.56 Å². The Morgan fingerprint density at radius 2 is 2.06 bits per heavy atom. The summed E-state index contributed by atoms with van der Waals surface area (Å²) < 4.78 is 0. The molecule has 0 saturated carbocycles. The molecule has 1 aromatic carbocycles. The van der Waals surface area contributed by atoms with Gasteiger partial charge in [-0.1, -0.05) is 6.07 Å². The van der Waals surface area contributed by atoms with Crippen molar-refractivity contribution in [3.8, 4) is 5.75 Å². The van der Waals surface area contributed by atoms with Crippen molar-refractivity contribution in [1.82, 2.24) is 9.88 Å². The molecule has 0 saturated heterocycles. The summed E-state index contributed by atoms with van der Waals surface area (Å²) in [5.41, 5.74) is 2.16. The van der Waals surface area contributed by atoms with E-state index in [4.69, 9.17) is 0 Å². The first-order chi connectivity index (χ1) is 7.92. The van der Waals surface area contributed by atoms with E-state index in [1.807, 2.05) is 18.3 Å². The van der Waals surface area contributed by atoms with Crippen LogP contribution >= 0.6 is 0 Å². The second-order valence-corrected chi connectivity index (χ2v) is 5.40. The number of phenolic OH excluding ortho intramolecular Hbond substituents is 1. The molecule has 0 fully saturated rings. The fourth-order valence-corrected chi connectivity index (χ4v) is 2.00. The number of hydrogen-bond acceptors (Lipinski definition) is 2. The maximum Gasteiger partial charge on any atom is 0.125 e. The van der Waals surface area contributed by atoms with Gasteiger partial charge in [0.2, 0.25) is 0 Å². The third-order valence-electron chi connectivity index (χ3n) is 3.60. The quantitative estimate of drug-likeness (QED) is 0.720. The second kappa shape index (κ2) is 4.15. The molecule has 1 heterocycles. The molecule has 0 aliphatic rings. The number of nitrogens with one attached hydrogen (secondary N) is 1. The number of H-pyrrole nitrogens is 1. The van der Waals surface area contributed by atoms with E-state index in [-0.39, 0.29) is 5.34 Å². The highest BCUT2D eigenvalue weighted by molar-refractivity contribution is 6.40. The van der Waals surface area contributed by atoms with Gasteiger partial charge in [-0.3, -0.25) is 0 Å². The number of benzene rings is 1. The molecular weight excluding hydrogens is 210 g/mol. The Hall–Kier alpha value is -1.35. The van der Waals surface area contributed by atoms with Gasteiger partial charge in [0.05, 0.1) is 0 Å². The number of aromatic amines is 1. The van der Waals surface area contributed by atoms with Gasteiger partial charge in [-0.25, -0.2) is 0 Å². The molecule has 88 valence electrons. The van der Waals surface area contributed by atoms with E-state index in [0.29, 0.717) is 5.75 Å². The third-order valence-corrected chi connectivity index (χ3v) is 3.60. The minimum Gasteiger partial charge on any atom is -0.507 e. The van der Waals surface area contributed by atoms with Gasteiger partial charge in [-0.2, -0.15) is 0 Å². The number of aromatic hydroxyl groups is 1. The van der Waals surface area contributed by atoms with Crippen LogP contribution in [0.5, 0.6) is 5.75 Å². The van der Waals surface area contributed by atoms with E-state index in [0.717, 1.165) is 22.9 Å². The number of hydrogen-bond donors (Lipinski definition) is 2. The van der Waals surface area contributed by atoms with Gasteiger partial charge >= 0.3 is 0 Å². The van der Waals surface area contributed by atoms with Gasteiger partial charge in [0.25, 0.3) is 0 Å². The van der Waals surface area contributed by atoms with Gasteiger partial charge in [0.1, 0.15) is 21.4 Å². The van der Waals surface area contributed by atoms with E-state index in [2.05, 4.69) is 39.7 Å². The molecule has 0 unspecified atom stereocenters. The van der Waals surface area contributed by atoms with Crippen LogP contribution in [-0.2, 0) is 6.42 Å². The van der Waals surface area contributed by atoms with Crippen LogP contribution < -0.4 is 0 Å². The first-order valence-electron chi connectivity index (χ1n) is 5.87. The molecule has 3 nitrogen and oxygen atoms in total. The van der Waals surface area contributed by atoms with Crippen LogP contribution in [0.4, 0.5) is 0 Å². The SMILES string of the molecule is BC(B)(Cc1c[nH]c2cccc(O)c12)N(C)C.